The summed E-state index contributed by atoms with van der Waals surface area (Å²) < 4.78 is 5.38. The molecule has 0 aliphatic rings. The topological polar surface area (TPSA) is 93.5 Å². The Morgan fingerprint density at radius 3 is 2.75 bits per heavy atom. The molecule has 1 aromatic heterocycles. The largest absolute Gasteiger partial charge is 0.468 e. The van der Waals surface area contributed by atoms with Crippen molar-refractivity contribution in [3.8, 4) is 0 Å². The van der Waals surface area contributed by atoms with Crippen molar-refractivity contribution in [2.75, 3.05) is 19.0 Å². The molecule has 0 amide bonds. The van der Waals surface area contributed by atoms with Gasteiger partial charge in [0.1, 0.15) is 11.6 Å². The van der Waals surface area contributed by atoms with Gasteiger partial charge in [-0.25, -0.2) is 4.68 Å². The summed E-state index contributed by atoms with van der Waals surface area (Å²) in [6.07, 6.45) is 1.34. The van der Waals surface area contributed by atoms with E-state index in [2.05, 4.69) is 15.2 Å². The van der Waals surface area contributed by atoms with Gasteiger partial charge >= 0.3 is 5.97 Å². The van der Waals surface area contributed by atoms with E-state index in [4.69, 9.17) is 11.6 Å². The molecule has 112 valence electrons. The second-order valence-corrected chi connectivity index (χ2v) is 4.97. The van der Waals surface area contributed by atoms with Crippen LogP contribution in [0.4, 0.5) is 5.69 Å². The average Bonchev–Trinajstić information content (AvgIpc) is 2.42. The van der Waals surface area contributed by atoms with Crippen molar-refractivity contribution in [2.45, 2.75) is 26.4 Å². The number of esters is 1. The molecule has 0 bridgehead atoms. The molecule has 2 N–H and O–H groups in total. The van der Waals surface area contributed by atoms with Gasteiger partial charge in [-0.3, -0.25) is 9.59 Å². The van der Waals surface area contributed by atoms with Crippen molar-refractivity contribution in [2.24, 2.45) is 5.92 Å². The Balaban J connectivity index is 3.00. The van der Waals surface area contributed by atoms with Gasteiger partial charge in [0.15, 0.2) is 0 Å². The molecule has 0 aliphatic heterocycles. The zero-order valence-electron chi connectivity index (χ0n) is 11.6. The maximum Gasteiger partial charge on any atom is 0.327 e. The lowest BCUT2D eigenvalue weighted by molar-refractivity contribution is -0.141. The number of nitrogens with one attached hydrogen (secondary N) is 1. The highest BCUT2D eigenvalue weighted by Crippen LogP contribution is 2.18. The second-order valence-electron chi connectivity index (χ2n) is 4.59. The van der Waals surface area contributed by atoms with Crippen LogP contribution in [-0.2, 0) is 16.1 Å². The minimum absolute atomic E-state index is 0.0806. The average molecular weight is 304 g/mol. The number of carbonyl (C=O) groups is 1. The van der Waals surface area contributed by atoms with Crippen molar-refractivity contribution < 1.29 is 14.6 Å². The molecule has 1 atom stereocenters. The number of methoxy groups -OCH3 is 1. The van der Waals surface area contributed by atoms with Gasteiger partial charge < -0.3 is 15.2 Å². The molecule has 0 radical (unpaired) electrons. The molecule has 1 aromatic rings. The molecule has 8 heteroatoms. The Bertz CT molecular complexity index is 530. The monoisotopic (exact) mass is 303 g/mol. The number of ether oxygens (including phenoxy) is 1. The van der Waals surface area contributed by atoms with E-state index in [1.165, 1.54) is 13.3 Å². The van der Waals surface area contributed by atoms with Gasteiger partial charge in [0, 0.05) is 0 Å². The molecular formula is C12H18ClN3O4. The highest BCUT2D eigenvalue weighted by atomic mass is 35.5. The summed E-state index contributed by atoms with van der Waals surface area (Å²) in [5.41, 5.74) is -0.270. The Hall–Kier alpha value is -1.60. The van der Waals surface area contributed by atoms with Crippen LogP contribution in [0.3, 0.4) is 0 Å². The summed E-state index contributed by atoms with van der Waals surface area (Å²) in [5, 5.41) is 16.0. The van der Waals surface area contributed by atoms with Crippen LogP contribution in [0.15, 0.2) is 11.0 Å². The van der Waals surface area contributed by atoms with Crippen LogP contribution < -0.4 is 10.9 Å². The van der Waals surface area contributed by atoms with Crippen molar-refractivity contribution in [1.82, 2.24) is 9.78 Å². The number of nitrogens with zero attached hydrogens (tertiary/aromatic N) is 2. The molecule has 0 aliphatic carbocycles. The number of rotatable bonds is 6. The molecule has 0 saturated carbocycles. The van der Waals surface area contributed by atoms with Crippen LogP contribution in [0.5, 0.6) is 0 Å². The molecule has 0 fully saturated rings. The van der Waals surface area contributed by atoms with E-state index >= 15 is 0 Å². The molecule has 0 saturated heterocycles. The predicted molar refractivity (Wildman–Crippen MR) is 74.9 cm³/mol. The molecule has 7 nitrogen and oxygen atoms in total. The molecule has 0 aromatic carbocycles. The van der Waals surface area contributed by atoms with Crippen LogP contribution in [0.2, 0.25) is 5.02 Å². The number of aromatic nitrogens is 2. The fraction of sp³-hybridized carbons (Fsp3) is 0.583. The number of halogens is 1. The number of anilines is 1. The fourth-order valence-corrected chi connectivity index (χ4v) is 1.69. The Morgan fingerprint density at radius 1 is 1.60 bits per heavy atom. The van der Waals surface area contributed by atoms with Crippen LogP contribution in [0.25, 0.3) is 0 Å². The number of aliphatic hydroxyl groups is 1. The SMILES string of the molecule is COC(=O)Cn1ncc(N[C@H](CO)C(C)C)c(Cl)c1=O. The molecule has 0 spiro atoms. The van der Waals surface area contributed by atoms with E-state index in [0.29, 0.717) is 5.69 Å². The lowest BCUT2D eigenvalue weighted by Crippen LogP contribution is -2.32. The second kappa shape index (κ2) is 7.25. The maximum absolute atomic E-state index is 11.9. The highest BCUT2D eigenvalue weighted by Gasteiger charge is 2.17. The van der Waals surface area contributed by atoms with Crippen molar-refractivity contribution >= 4 is 23.3 Å². The zero-order chi connectivity index (χ0) is 15.3. The summed E-state index contributed by atoms with van der Waals surface area (Å²) in [6.45, 7) is 3.45. The smallest absolute Gasteiger partial charge is 0.327 e. The lowest BCUT2D eigenvalue weighted by Gasteiger charge is -2.21. The summed E-state index contributed by atoms with van der Waals surface area (Å²) in [7, 11) is 1.22. The predicted octanol–water partition coefficient (Wildman–Crippen LogP) is 0.498. The first-order chi connectivity index (χ1) is 9.40. The van der Waals surface area contributed by atoms with E-state index < -0.39 is 11.5 Å². The third kappa shape index (κ3) is 3.94. The maximum atomic E-state index is 11.9. The zero-order valence-corrected chi connectivity index (χ0v) is 12.3. The molecule has 1 heterocycles. The Kier molecular flexibility index (Phi) is 5.97. The first kappa shape index (κ1) is 16.5. The van der Waals surface area contributed by atoms with Gasteiger partial charge in [-0.2, -0.15) is 5.10 Å². The van der Waals surface area contributed by atoms with E-state index in [1.54, 1.807) is 0 Å². The Labute approximate surface area is 121 Å². The quantitative estimate of drug-likeness (QED) is 0.743. The van der Waals surface area contributed by atoms with Gasteiger partial charge in [-0.05, 0) is 5.92 Å². The van der Waals surface area contributed by atoms with Gasteiger partial charge in [-0.1, -0.05) is 25.4 Å². The first-order valence-electron chi connectivity index (χ1n) is 6.10. The Morgan fingerprint density at radius 2 is 2.25 bits per heavy atom. The normalized spacial score (nSPS) is 12.3. The first-order valence-corrected chi connectivity index (χ1v) is 6.48. The van der Waals surface area contributed by atoms with Gasteiger partial charge in [-0.15, -0.1) is 0 Å². The van der Waals surface area contributed by atoms with Gasteiger partial charge in [0.25, 0.3) is 5.56 Å². The number of hydrogen-bond acceptors (Lipinski definition) is 6. The summed E-state index contributed by atoms with van der Waals surface area (Å²) in [4.78, 5) is 23.1. The minimum atomic E-state index is -0.595. The third-order valence-electron chi connectivity index (χ3n) is 2.83. The van der Waals surface area contributed by atoms with Crippen LogP contribution in [0.1, 0.15) is 13.8 Å². The van der Waals surface area contributed by atoms with E-state index in [1.807, 2.05) is 13.8 Å². The standard InChI is InChI=1S/C12H18ClN3O4/c1-7(2)9(6-17)15-8-4-14-16(5-10(18)20-3)12(19)11(8)13/h4,7,9,15,17H,5-6H2,1-3H3/t9-/m1/s1. The molecule has 0 unspecified atom stereocenters. The third-order valence-corrected chi connectivity index (χ3v) is 3.20. The van der Waals surface area contributed by atoms with Gasteiger partial charge in [0.05, 0.1) is 31.6 Å². The van der Waals surface area contributed by atoms with Crippen molar-refractivity contribution in [3.05, 3.63) is 21.6 Å². The lowest BCUT2D eigenvalue weighted by atomic mass is 10.1. The number of aliphatic hydroxyl groups excluding tert-OH is 1. The summed E-state index contributed by atoms with van der Waals surface area (Å²) in [6, 6.07) is -0.245. The number of carbonyl (C=O) groups excluding carboxylic acids is 1. The fourth-order valence-electron chi connectivity index (χ4n) is 1.49. The van der Waals surface area contributed by atoms with Crippen molar-refractivity contribution in [1.29, 1.82) is 0 Å². The summed E-state index contributed by atoms with van der Waals surface area (Å²) >= 11 is 5.96. The highest BCUT2D eigenvalue weighted by molar-refractivity contribution is 6.32. The minimum Gasteiger partial charge on any atom is -0.468 e. The molecular weight excluding hydrogens is 286 g/mol. The summed E-state index contributed by atoms with van der Waals surface area (Å²) in [5.74, 6) is -0.444. The van der Waals surface area contributed by atoms with Crippen LogP contribution in [0, 0.1) is 5.92 Å². The van der Waals surface area contributed by atoms with E-state index in [9.17, 15) is 14.7 Å². The van der Waals surface area contributed by atoms with Crippen molar-refractivity contribution in [3.63, 3.8) is 0 Å². The van der Waals surface area contributed by atoms with Crippen LogP contribution in [-0.4, -0.2) is 40.6 Å². The van der Waals surface area contributed by atoms with Gasteiger partial charge in [0.2, 0.25) is 0 Å². The molecule has 20 heavy (non-hydrogen) atoms. The van der Waals surface area contributed by atoms with E-state index in [0.717, 1.165) is 4.68 Å². The van der Waals surface area contributed by atoms with E-state index in [-0.39, 0.29) is 30.1 Å². The number of hydrogen-bond donors (Lipinski definition) is 2. The molecule has 1 rings (SSSR count). The van der Waals surface area contributed by atoms with Crippen LogP contribution >= 0.6 is 11.6 Å².